The average Bonchev–Trinajstić information content (AvgIpc) is 2.96. The summed E-state index contributed by atoms with van der Waals surface area (Å²) in [4.78, 5) is 0. The molecule has 2 N–H and O–H groups in total. The van der Waals surface area contributed by atoms with Crippen molar-refractivity contribution in [2.24, 2.45) is 0 Å². The van der Waals surface area contributed by atoms with Gasteiger partial charge in [-0.15, -0.1) is 5.10 Å². The first-order valence-corrected chi connectivity index (χ1v) is 5.65. The number of aryl methyl sites for hydroxylation is 1. The number of nitrogens with zero attached hydrogens (tertiary/aromatic N) is 4. The predicted octanol–water partition coefficient (Wildman–Crippen LogP) is 1.14. The highest BCUT2D eigenvalue weighted by molar-refractivity contribution is 5.44. The maximum absolute atomic E-state index is 5.39. The highest BCUT2D eigenvalue weighted by atomic mass is 16.4. The van der Waals surface area contributed by atoms with Crippen molar-refractivity contribution < 1.29 is 4.42 Å². The van der Waals surface area contributed by atoms with E-state index >= 15 is 0 Å². The summed E-state index contributed by atoms with van der Waals surface area (Å²) in [6, 6.07) is 2.22. The molecule has 0 saturated heterocycles. The van der Waals surface area contributed by atoms with Crippen LogP contribution >= 0.6 is 0 Å². The van der Waals surface area contributed by atoms with Crippen LogP contribution in [0, 0.1) is 0 Å². The zero-order chi connectivity index (χ0) is 12.1. The van der Waals surface area contributed by atoms with Crippen molar-refractivity contribution in [1.82, 2.24) is 25.3 Å². The van der Waals surface area contributed by atoms with Crippen molar-refractivity contribution in [2.45, 2.75) is 26.9 Å². The van der Waals surface area contributed by atoms with E-state index in [1.54, 1.807) is 0 Å². The van der Waals surface area contributed by atoms with E-state index in [9.17, 15) is 0 Å². The molecule has 2 aromatic rings. The van der Waals surface area contributed by atoms with Gasteiger partial charge in [0, 0.05) is 18.8 Å². The Kier molecular flexibility index (Phi) is 3.71. The zero-order valence-corrected chi connectivity index (χ0v) is 9.97. The van der Waals surface area contributed by atoms with Gasteiger partial charge in [0.1, 0.15) is 0 Å². The number of hydrogen-bond donors (Lipinski definition) is 2. The summed E-state index contributed by atoms with van der Waals surface area (Å²) in [5.41, 5.74) is 0. The minimum Gasteiger partial charge on any atom is -0.406 e. The number of aromatic nitrogens is 4. The lowest BCUT2D eigenvalue weighted by molar-refractivity contribution is 0.484. The Morgan fingerprint density at radius 3 is 2.94 bits per heavy atom. The largest absolute Gasteiger partial charge is 0.406 e. The van der Waals surface area contributed by atoms with Gasteiger partial charge in [-0.3, -0.25) is 10.00 Å². The number of anilines is 2. The van der Waals surface area contributed by atoms with Gasteiger partial charge in [0.2, 0.25) is 5.89 Å². The molecule has 17 heavy (non-hydrogen) atoms. The van der Waals surface area contributed by atoms with Gasteiger partial charge >= 0.3 is 6.01 Å². The van der Waals surface area contributed by atoms with Crippen molar-refractivity contribution in [1.29, 1.82) is 0 Å². The smallest absolute Gasteiger partial charge is 0.321 e. The normalized spacial score (nSPS) is 10.7. The van der Waals surface area contributed by atoms with Crippen LogP contribution in [0.3, 0.4) is 0 Å². The molecule has 0 saturated carbocycles. The summed E-state index contributed by atoms with van der Waals surface area (Å²) in [5, 5.41) is 18.1. The van der Waals surface area contributed by atoms with Crippen LogP contribution in [0.5, 0.6) is 0 Å². The molecule has 0 unspecified atom stereocenters. The molecular formula is C10H16N6O. The molecule has 0 aliphatic heterocycles. The molecule has 0 aliphatic carbocycles. The summed E-state index contributed by atoms with van der Waals surface area (Å²) in [5.74, 6) is 1.26. The summed E-state index contributed by atoms with van der Waals surface area (Å²) in [6.07, 6.45) is 1.89. The molecule has 2 aromatic heterocycles. The number of hydrogen-bond acceptors (Lipinski definition) is 6. The fraction of sp³-hybridized carbons (Fsp3) is 0.500. The highest BCUT2D eigenvalue weighted by Crippen LogP contribution is 2.12. The lowest BCUT2D eigenvalue weighted by atomic mass is 10.6. The quantitative estimate of drug-likeness (QED) is 0.782. The molecule has 0 amide bonds. The van der Waals surface area contributed by atoms with Crippen molar-refractivity contribution in [3.05, 3.63) is 18.2 Å². The molecule has 0 aliphatic rings. The van der Waals surface area contributed by atoms with E-state index in [-0.39, 0.29) is 0 Å². The fourth-order valence-corrected chi connectivity index (χ4v) is 1.32. The van der Waals surface area contributed by atoms with Crippen molar-refractivity contribution in [2.75, 3.05) is 11.9 Å². The second-order valence-corrected chi connectivity index (χ2v) is 3.46. The SMILES string of the molecule is CCNCc1nnc(Nc2ccn(CC)n2)o1. The topological polar surface area (TPSA) is 80.8 Å². The van der Waals surface area contributed by atoms with Crippen LogP contribution in [0.25, 0.3) is 0 Å². The summed E-state index contributed by atoms with van der Waals surface area (Å²) in [6.45, 7) is 6.32. The van der Waals surface area contributed by atoms with Gasteiger partial charge in [-0.1, -0.05) is 12.0 Å². The minimum absolute atomic E-state index is 0.360. The first kappa shape index (κ1) is 11.6. The maximum atomic E-state index is 5.39. The van der Waals surface area contributed by atoms with E-state index in [4.69, 9.17) is 4.42 Å². The van der Waals surface area contributed by atoms with Crippen LogP contribution in [0.15, 0.2) is 16.7 Å². The second kappa shape index (κ2) is 5.44. The number of rotatable bonds is 6. The first-order valence-electron chi connectivity index (χ1n) is 5.65. The Labute approximate surface area is 99.2 Å². The molecule has 0 spiro atoms. The molecule has 7 heteroatoms. The van der Waals surface area contributed by atoms with Crippen LogP contribution in [-0.4, -0.2) is 26.5 Å². The maximum Gasteiger partial charge on any atom is 0.321 e. The summed E-state index contributed by atoms with van der Waals surface area (Å²) < 4.78 is 7.21. The van der Waals surface area contributed by atoms with Crippen LogP contribution in [0.1, 0.15) is 19.7 Å². The van der Waals surface area contributed by atoms with E-state index in [1.807, 2.05) is 30.8 Å². The molecule has 2 rings (SSSR count). The second-order valence-electron chi connectivity index (χ2n) is 3.46. The van der Waals surface area contributed by atoms with Gasteiger partial charge in [0.25, 0.3) is 0 Å². The van der Waals surface area contributed by atoms with Crippen LogP contribution in [-0.2, 0) is 13.1 Å². The van der Waals surface area contributed by atoms with Gasteiger partial charge in [-0.05, 0) is 13.5 Å². The third-order valence-electron chi connectivity index (χ3n) is 2.19. The summed E-state index contributed by atoms with van der Waals surface area (Å²) in [7, 11) is 0. The van der Waals surface area contributed by atoms with Gasteiger partial charge < -0.3 is 9.73 Å². The molecule has 0 bridgehead atoms. The number of nitrogens with one attached hydrogen (secondary N) is 2. The van der Waals surface area contributed by atoms with Crippen molar-refractivity contribution in [3.63, 3.8) is 0 Å². The van der Waals surface area contributed by atoms with Crippen molar-refractivity contribution in [3.8, 4) is 0 Å². The van der Waals surface area contributed by atoms with Gasteiger partial charge in [-0.2, -0.15) is 5.10 Å². The molecule has 0 aromatic carbocycles. The molecule has 92 valence electrons. The van der Waals surface area contributed by atoms with Gasteiger partial charge in [-0.25, -0.2) is 0 Å². The van der Waals surface area contributed by atoms with E-state index in [0.717, 1.165) is 13.1 Å². The molecular weight excluding hydrogens is 220 g/mol. The Hall–Kier alpha value is -1.89. The predicted molar refractivity (Wildman–Crippen MR) is 62.9 cm³/mol. The van der Waals surface area contributed by atoms with Crippen LogP contribution in [0.2, 0.25) is 0 Å². The van der Waals surface area contributed by atoms with E-state index in [1.165, 1.54) is 0 Å². The third kappa shape index (κ3) is 3.04. The Morgan fingerprint density at radius 2 is 2.24 bits per heavy atom. The van der Waals surface area contributed by atoms with Crippen LogP contribution < -0.4 is 10.6 Å². The molecule has 0 fully saturated rings. The molecule has 0 radical (unpaired) electrons. The van der Waals surface area contributed by atoms with Gasteiger partial charge in [0.15, 0.2) is 5.82 Å². The van der Waals surface area contributed by atoms with Crippen molar-refractivity contribution >= 4 is 11.8 Å². The lowest BCUT2D eigenvalue weighted by Crippen LogP contribution is -2.11. The van der Waals surface area contributed by atoms with E-state index < -0.39 is 0 Å². The Bertz CT molecular complexity index is 463. The third-order valence-corrected chi connectivity index (χ3v) is 2.19. The molecule has 0 atom stereocenters. The zero-order valence-electron chi connectivity index (χ0n) is 9.97. The van der Waals surface area contributed by atoms with Crippen LogP contribution in [0.4, 0.5) is 11.8 Å². The van der Waals surface area contributed by atoms with E-state index in [2.05, 4.69) is 25.9 Å². The van der Waals surface area contributed by atoms with E-state index in [0.29, 0.717) is 24.3 Å². The highest BCUT2D eigenvalue weighted by Gasteiger charge is 2.06. The molecule has 2 heterocycles. The Balaban J connectivity index is 1.96. The average molecular weight is 236 g/mol. The lowest BCUT2D eigenvalue weighted by Gasteiger charge is -1.96. The minimum atomic E-state index is 0.360. The molecule has 7 nitrogen and oxygen atoms in total. The van der Waals surface area contributed by atoms with Gasteiger partial charge in [0.05, 0.1) is 6.54 Å². The summed E-state index contributed by atoms with van der Waals surface area (Å²) >= 11 is 0. The monoisotopic (exact) mass is 236 g/mol. The standard InChI is InChI=1S/C10H16N6O/c1-3-11-7-9-13-14-10(17-9)12-8-5-6-16(4-2)15-8/h5-6,11H,3-4,7H2,1-2H3,(H,12,14,15). The Morgan fingerprint density at radius 1 is 1.35 bits per heavy atom. The first-order chi connectivity index (χ1) is 8.31. The fourth-order valence-electron chi connectivity index (χ4n) is 1.32.